The van der Waals surface area contributed by atoms with Crippen LogP contribution in [0.3, 0.4) is 0 Å². The summed E-state index contributed by atoms with van der Waals surface area (Å²) in [5.41, 5.74) is 0.955. The highest BCUT2D eigenvalue weighted by atomic mass is 32.2. The minimum absolute atomic E-state index is 0.265. The molecule has 0 atom stereocenters. The molecular weight excluding hydrogens is 454 g/mol. The maximum absolute atomic E-state index is 13.2. The molecule has 10 heteroatoms. The summed E-state index contributed by atoms with van der Waals surface area (Å²) in [6.07, 6.45) is 1.74. The van der Waals surface area contributed by atoms with Crippen LogP contribution in [0.5, 0.6) is 11.5 Å². The lowest BCUT2D eigenvalue weighted by atomic mass is 10.3. The number of hydrogen-bond donors (Lipinski definition) is 0. The van der Waals surface area contributed by atoms with Gasteiger partial charge in [-0.15, -0.1) is 5.10 Å². The van der Waals surface area contributed by atoms with Crippen LogP contribution in [-0.4, -0.2) is 75.4 Å². The van der Waals surface area contributed by atoms with Crippen LogP contribution in [0, 0.1) is 0 Å². The van der Waals surface area contributed by atoms with Crippen molar-refractivity contribution < 1.29 is 17.9 Å². The van der Waals surface area contributed by atoms with E-state index in [0.717, 1.165) is 24.6 Å². The van der Waals surface area contributed by atoms with Crippen molar-refractivity contribution in [3.8, 4) is 11.5 Å². The normalized spacial score (nSPS) is 17.5. The Bertz CT molecular complexity index is 1190. The number of sulfonamides is 1. The lowest BCUT2D eigenvalue weighted by molar-refractivity contribution is 0.122. The van der Waals surface area contributed by atoms with Crippen molar-refractivity contribution in [3.63, 3.8) is 0 Å². The summed E-state index contributed by atoms with van der Waals surface area (Å²) in [7, 11) is -3.58. The van der Waals surface area contributed by atoms with E-state index in [2.05, 4.69) is 20.0 Å². The maximum atomic E-state index is 13.2. The predicted molar refractivity (Wildman–Crippen MR) is 129 cm³/mol. The molecule has 3 heterocycles. The monoisotopic (exact) mass is 481 g/mol. The molecule has 2 fully saturated rings. The highest BCUT2D eigenvalue weighted by Crippen LogP contribution is 2.26. The third-order valence-corrected chi connectivity index (χ3v) is 7.92. The SMILES string of the molecule is O=S(=O)(c1ccc(Oc2ccccc2)cc1)N1CCN(c2cnnc(N3CCOCC3)c2)CC1. The van der Waals surface area contributed by atoms with Crippen LogP contribution >= 0.6 is 0 Å². The van der Waals surface area contributed by atoms with Crippen molar-refractivity contribution in [1.82, 2.24) is 14.5 Å². The molecule has 34 heavy (non-hydrogen) atoms. The second kappa shape index (κ2) is 9.96. The highest BCUT2D eigenvalue weighted by Gasteiger charge is 2.29. The average molecular weight is 482 g/mol. The minimum Gasteiger partial charge on any atom is -0.457 e. The van der Waals surface area contributed by atoms with Crippen LogP contribution in [0.25, 0.3) is 0 Å². The molecule has 2 saturated heterocycles. The van der Waals surface area contributed by atoms with Crippen molar-refractivity contribution >= 4 is 21.5 Å². The largest absolute Gasteiger partial charge is 0.457 e. The Hall–Kier alpha value is -3.21. The van der Waals surface area contributed by atoms with Gasteiger partial charge in [-0.05, 0) is 36.4 Å². The number of morpholine rings is 1. The van der Waals surface area contributed by atoms with Crippen LogP contribution in [0.4, 0.5) is 11.5 Å². The highest BCUT2D eigenvalue weighted by molar-refractivity contribution is 7.89. The van der Waals surface area contributed by atoms with Gasteiger partial charge in [-0.3, -0.25) is 0 Å². The Labute approximate surface area is 199 Å². The van der Waals surface area contributed by atoms with Crippen molar-refractivity contribution in [2.75, 3.05) is 62.3 Å². The van der Waals surface area contributed by atoms with Crippen molar-refractivity contribution in [2.45, 2.75) is 4.90 Å². The Morgan fingerprint density at radius 3 is 2.18 bits per heavy atom. The molecule has 0 bridgehead atoms. The first kappa shape index (κ1) is 22.6. The minimum atomic E-state index is -3.58. The average Bonchev–Trinajstić information content (AvgIpc) is 2.90. The number of anilines is 2. The molecule has 2 aromatic carbocycles. The summed E-state index contributed by atoms with van der Waals surface area (Å²) in [5, 5.41) is 8.43. The first-order valence-corrected chi connectivity index (χ1v) is 12.8. The second-order valence-electron chi connectivity index (χ2n) is 8.15. The molecule has 2 aliphatic heterocycles. The van der Waals surface area contributed by atoms with Gasteiger partial charge in [0.25, 0.3) is 0 Å². The molecule has 0 amide bonds. The van der Waals surface area contributed by atoms with E-state index in [0.29, 0.717) is 50.9 Å². The lowest BCUT2D eigenvalue weighted by Gasteiger charge is -2.35. The number of ether oxygens (including phenoxy) is 2. The zero-order valence-electron chi connectivity index (χ0n) is 18.8. The summed E-state index contributed by atoms with van der Waals surface area (Å²) in [4.78, 5) is 4.58. The summed E-state index contributed by atoms with van der Waals surface area (Å²) < 4.78 is 39.1. The number of benzene rings is 2. The second-order valence-corrected chi connectivity index (χ2v) is 10.1. The van der Waals surface area contributed by atoms with Gasteiger partial charge in [-0.1, -0.05) is 18.2 Å². The van der Waals surface area contributed by atoms with Gasteiger partial charge in [0.15, 0.2) is 5.82 Å². The van der Waals surface area contributed by atoms with Crippen molar-refractivity contribution in [3.05, 3.63) is 66.9 Å². The molecule has 9 nitrogen and oxygen atoms in total. The van der Waals surface area contributed by atoms with Crippen LogP contribution in [0.2, 0.25) is 0 Å². The van der Waals surface area contributed by atoms with E-state index in [-0.39, 0.29) is 4.90 Å². The van der Waals surface area contributed by atoms with Gasteiger partial charge < -0.3 is 19.3 Å². The number of para-hydroxylation sites is 1. The number of piperazine rings is 1. The zero-order chi connectivity index (χ0) is 23.4. The first-order chi connectivity index (χ1) is 16.6. The third kappa shape index (κ3) is 4.98. The van der Waals surface area contributed by atoms with Crippen molar-refractivity contribution in [2.24, 2.45) is 0 Å². The fraction of sp³-hybridized carbons (Fsp3) is 0.333. The summed E-state index contributed by atoms with van der Waals surface area (Å²) >= 11 is 0. The summed E-state index contributed by atoms with van der Waals surface area (Å²) in [5.74, 6) is 2.13. The molecule has 5 rings (SSSR count). The summed E-state index contributed by atoms with van der Waals surface area (Å²) in [6, 6.07) is 18.0. The molecule has 2 aliphatic rings. The smallest absolute Gasteiger partial charge is 0.243 e. The van der Waals surface area contributed by atoms with Crippen LogP contribution in [0.1, 0.15) is 0 Å². The molecule has 3 aromatic rings. The standard InChI is InChI=1S/C24H27N5O4S/c30-34(31,23-8-6-22(7-9-23)33-21-4-2-1-3-5-21)29-12-10-27(11-13-29)20-18-24(26-25-19-20)28-14-16-32-17-15-28/h1-9,18-19H,10-17H2. The maximum Gasteiger partial charge on any atom is 0.243 e. The Kier molecular flexibility index (Phi) is 6.61. The molecule has 0 spiro atoms. The van der Waals surface area contributed by atoms with Gasteiger partial charge in [0.2, 0.25) is 10.0 Å². The third-order valence-electron chi connectivity index (χ3n) is 6.01. The van der Waals surface area contributed by atoms with Gasteiger partial charge in [0.1, 0.15) is 11.5 Å². The van der Waals surface area contributed by atoms with E-state index in [1.54, 1.807) is 30.5 Å². The van der Waals surface area contributed by atoms with Gasteiger partial charge >= 0.3 is 0 Å². The van der Waals surface area contributed by atoms with E-state index in [1.807, 2.05) is 36.4 Å². The quantitative estimate of drug-likeness (QED) is 0.531. The Balaban J connectivity index is 1.22. The fourth-order valence-corrected chi connectivity index (χ4v) is 5.53. The van der Waals surface area contributed by atoms with E-state index < -0.39 is 10.0 Å². The molecular formula is C24H27N5O4S. The molecule has 0 aliphatic carbocycles. The fourth-order valence-electron chi connectivity index (χ4n) is 4.11. The van der Waals surface area contributed by atoms with Crippen molar-refractivity contribution in [1.29, 1.82) is 0 Å². The van der Waals surface area contributed by atoms with E-state index in [4.69, 9.17) is 9.47 Å². The first-order valence-electron chi connectivity index (χ1n) is 11.3. The topological polar surface area (TPSA) is 88.1 Å². The van der Waals surface area contributed by atoms with Crippen LogP contribution in [0.15, 0.2) is 71.8 Å². The van der Waals surface area contributed by atoms with Gasteiger partial charge in [-0.25, -0.2) is 8.42 Å². The van der Waals surface area contributed by atoms with Crippen LogP contribution in [-0.2, 0) is 14.8 Å². The number of hydrogen-bond acceptors (Lipinski definition) is 8. The van der Waals surface area contributed by atoms with E-state index >= 15 is 0 Å². The number of rotatable bonds is 6. The Morgan fingerprint density at radius 2 is 1.47 bits per heavy atom. The molecule has 178 valence electrons. The van der Waals surface area contributed by atoms with Gasteiger partial charge in [0.05, 0.1) is 30.0 Å². The zero-order valence-corrected chi connectivity index (χ0v) is 19.6. The molecule has 0 saturated carbocycles. The number of aromatic nitrogens is 2. The Morgan fingerprint density at radius 1 is 0.794 bits per heavy atom. The number of nitrogens with zero attached hydrogens (tertiary/aromatic N) is 5. The molecule has 0 unspecified atom stereocenters. The van der Waals surface area contributed by atoms with Gasteiger partial charge in [0, 0.05) is 45.3 Å². The van der Waals surface area contributed by atoms with E-state index in [1.165, 1.54) is 4.31 Å². The lowest BCUT2D eigenvalue weighted by Crippen LogP contribution is -2.48. The predicted octanol–water partition coefficient (Wildman–Crippen LogP) is 2.62. The molecule has 0 N–H and O–H groups in total. The van der Waals surface area contributed by atoms with Gasteiger partial charge in [-0.2, -0.15) is 9.40 Å². The van der Waals surface area contributed by atoms with E-state index in [9.17, 15) is 8.42 Å². The summed E-state index contributed by atoms with van der Waals surface area (Å²) in [6.45, 7) is 4.92. The van der Waals surface area contributed by atoms with Crippen LogP contribution < -0.4 is 14.5 Å². The molecule has 1 aromatic heterocycles. The molecule has 0 radical (unpaired) electrons.